The van der Waals surface area contributed by atoms with Crippen LogP contribution >= 0.6 is 0 Å². The summed E-state index contributed by atoms with van der Waals surface area (Å²) in [5.41, 5.74) is 3.55. The quantitative estimate of drug-likeness (QED) is 0.865. The van der Waals surface area contributed by atoms with Gasteiger partial charge in [0.15, 0.2) is 0 Å². The number of carbonyl (C=O) groups excluding carboxylic acids is 1. The van der Waals surface area contributed by atoms with E-state index in [2.05, 4.69) is 16.3 Å². The second kappa shape index (κ2) is 8.59. The number of hydrogen-bond donors (Lipinski definition) is 1. The Kier molecular flexibility index (Phi) is 6.18. The molecule has 0 bridgehead atoms. The largest absolute Gasteiger partial charge is 0.373 e. The number of amides is 1. The maximum Gasteiger partial charge on any atom is 0.239 e. The number of rotatable bonds is 5. The van der Waals surface area contributed by atoms with Gasteiger partial charge in [-0.1, -0.05) is 30.3 Å². The molecule has 2 heterocycles. The summed E-state index contributed by atoms with van der Waals surface area (Å²) < 4.78 is 7.76. The highest BCUT2D eigenvalue weighted by atomic mass is 16.5. The first kappa shape index (κ1) is 20.1. The zero-order valence-electron chi connectivity index (χ0n) is 17.0. The molecule has 0 aliphatic carbocycles. The van der Waals surface area contributed by atoms with Crippen LogP contribution in [0.5, 0.6) is 0 Å². The highest BCUT2D eigenvalue weighted by Crippen LogP contribution is 2.27. The Labute approximate surface area is 166 Å². The Morgan fingerprint density at radius 2 is 1.86 bits per heavy atom. The van der Waals surface area contributed by atoms with Gasteiger partial charge in [-0.25, -0.2) is 0 Å². The van der Waals surface area contributed by atoms with Gasteiger partial charge in [0.2, 0.25) is 5.91 Å². The normalized spacial score (nSPS) is 20.0. The van der Waals surface area contributed by atoms with Gasteiger partial charge in [0.05, 0.1) is 24.3 Å². The van der Waals surface area contributed by atoms with Crippen molar-refractivity contribution >= 4 is 11.7 Å². The fourth-order valence-corrected chi connectivity index (χ4v) is 3.88. The Morgan fingerprint density at radius 1 is 1.21 bits per heavy atom. The van der Waals surface area contributed by atoms with Crippen molar-refractivity contribution in [3.63, 3.8) is 0 Å². The molecule has 28 heavy (non-hydrogen) atoms. The lowest BCUT2D eigenvalue weighted by Crippen LogP contribution is -2.48. The summed E-state index contributed by atoms with van der Waals surface area (Å²) in [4.78, 5) is 14.9. The van der Waals surface area contributed by atoms with E-state index < -0.39 is 0 Å². The van der Waals surface area contributed by atoms with E-state index in [9.17, 15) is 10.1 Å². The first-order chi connectivity index (χ1) is 13.4. The summed E-state index contributed by atoms with van der Waals surface area (Å²) in [5, 5.41) is 12.7. The van der Waals surface area contributed by atoms with E-state index in [1.807, 2.05) is 62.6 Å². The zero-order chi connectivity index (χ0) is 20.3. The molecule has 1 aliphatic heterocycles. The van der Waals surface area contributed by atoms with Crippen LogP contribution in [0.3, 0.4) is 0 Å². The van der Waals surface area contributed by atoms with E-state index in [1.54, 1.807) is 0 Å². The Hall–Kier alpha value is -2.62. The van der Waals surface area contributed by atoms with E-state index >= 15 is 0 Å². The molecule has 0 saturated carbocycles. The molecule has 1 fully saturated rings. The van der Waals surface area contributed by atoms with Crippen molar-refractivity contribution in [3.8, 4) is 6.07 Å². The summed E-state index contributed by atoms with van der Waals surface area (Å²) in [6.07, 6.45) is 0.218. The van der Waals surface area contributed by atoms with Crippen molar-refractivity contribution in [3.05, 3.63) is 52.7 Å². The number of nitriles is 1. The number of anilines is 1. The van der Waals surface area contributed by atoms with Gasteiger partial charge in [0.25, 0.3) is 0 Å². The van der Waals surface area contributed by atoms with Crippen molar-refractivity contribution < 1.29 is 9.53 Å². The second-order valence-corrected chi connectivity index (χ2v) is 7.62. The van der Waals surface area contributed by atoms with Gasteiger partial charge < -0.3 is 14.6 Å². The molecule has 2 atom stereocenters. The standard InChI is InChI=1S/C22H28N4O2/c1-15-11-25(12-16(2)28-15)14-21(27)24-22-20(10-23)17(3)18(4)26(22)13-19-8-6-5-7-9-19/h5-9,15-16H,11-14H2,1-4H3,(H,24,27). The summed E-state index contributed by atoms with van der Waals surface area (Å²) in [5.74, 6) is 0.477. The molecule has 148 valence electrons. The van der Waals surface area contributed by atoms with Crippen LogP contribution in [0.2, 0.25) is 0 Å². The van der Waals surface area contributed by atoms with Crippen molar-refractivity contribution in [1.82, 2.24) is 9.47 Å². The molecule has 1 N–H and O–H groups in total. The predicted molar refractivity (Wildman–Crippen MR) is 109 cm³/mol. The molecule has 2 aromatic rings. The number of nitrogens with one attached hydrogen (secondary N) is 1. The molecule has 0 spiro atoms. The molecule has 1 aromatic carbocycles. The number of benzene rings is 1. The lowest BCUT2D eigenvalue weighted by Gasteiger charge is -2.34. The molecule has 1 aliphatic rings. The van der Waals surface area contributed by atoms with E-state index in [0.717, 1.165) is 29.9 Å². The van der Waals surface area contributed by atoms with Gasteiger partial charge in [-0.3, -0.25) is 9.69 Å². The molecule has 6 heteroatoms. The third-order valence-corrected chi connectivity index (χ3v) is 5.24. The molecular weight excluding hydrogens is 352 g/mol. The molecule has 0 radical (unpaired) electrons. The molecule has 1 amide bonds. The molecule has 2 unspecified atom stereocenters. The van der Waals surface area contributed by atoms with Crippen LogP contribution in [0.1, 0.15) is 36.2 Å². The van der Waals surface area contributed by atoms with Gasteiger partial charge in [0, 0.05) is 25.3 Å². The highest BCUT2D eigenvalue weighted by Gasteiger charge is 2.25. The van der Waals surface area contributed by atoms with E-state index in [0.29, 0.717) is 17.9 Å². The molecule has 6 nitrogen and oxygen atoms in total. The molecule has 1 saturated heterocycles. The lowest BCUT2D eigenvalue weighted by atomic mass is 10.2. The summed E-state index contributed by atoms with van der Waals surface area (Å²) in [6.45, 7) is 10.3. The monoisotopic (exact) mass is 380 g/mol. The minimum absolute atomic E-state index is 0.107. The first-order valence-electron chi connectivity index (χ1n) is 9.70. The van der Waals surface area contributed by atoms with Gasteiger partial charge >= 0.3 is 0 Å². The van der Waals surface area contributed by atoms with Crippen LogP contribution in [0.15, 0.2) is 30.3 Å². The fourth-order valence-electron chi connectivity index (χ4n) is 3.88. The number of carbonyl (C=O) groups is 1. The summed E-state index contributed by atoms with van der Waals surface area (Å²) >= 11 is 0. The number of nitrogens with zero attached hydrogens (tertiary/aromatic N) is 3. The molecule has 3 rings (SSSR count). The van der Waals surface area contributed by atoms with Crippen molar-refractivity contribution in [2.45, 2.75) is 46.4 Å². The van der Waals surface area contributed by atoms with E-state index in [-0.39, 0.29) is 24.7 Å². The van der Waals surface area contributed by atoms with E-state index in [4.69, 9.17) is 4.74 Å². The Balaban J connectivity index is 1.81. The fraction of sp³-hybridized carbons (Fsp3) is 0.455. The Morgan fingerprint density at radius 3 is 2.46 bits per heavy atom. The zero-order valence-corrected chi connectivity index (χ0v) is 17.0. The smallest absolute Gasteiger partial charge is 0.239 e. The number of morpholine rings is 1. The average Bonchev–Trinajstić information content (AvgIpc) is 2.85. The number of ether oxygens (including phenoxy) is 1. The van der Waals surface area contributed by atoms with Crippen LogP contribution in [0.25, 0.3) is 0 Å². The minimum atomic E-state index is -0.107. The summed E-state index contributed by atoms with van der Waals surface area (Å²) in [6, 6.07) is 12.3. The van der Waals surface area contributed by atoms with E-state index in [1.165, 1.54) is 0 Å². The van der Waals surface area contributed by atoms with Gasteiger partial charge in [-0.05, 0) is 38.8 Å². The number of hydrogen-bond acceptors (Lipinski definition) is 4. The van der Waals surface area contributed by atoms with Crippen molar-refractivity contribution in [2.24, 2.45) is 0 Å². The van der Waals surface area contributed by atoms with Crippen LogP contribution in [-0.4, -0.2) is 47.2 Å². The third-order valence-electron chi connectivity index (χ3n) is 5.24. The predicted octanol–water partition coefficient (Wildman–Crippen LogP) is 3.07. The van der Waals surface area contributed by atoms with Crippen molar-refractivity contribution in [2.75, 3.05) is 25.0 Å². The van der Waals surface area contributed by atoms with Gasteiger partial charge in [-0.15, -0.1) is 0 Å². The molecule has 1 aromatic heterocycles. The lowest BCUT2D eigenvalue weighted by molar-refractivity contribution is -0.121. The number of aromatic nitrogens is 1. The van der Waals surface area contributed by atoms with Crippen LogP contribution in [0.4, 0.5) is 5.82 Å². The van der Waals surface area contributed by atoms with Gasteiger partial charge in [-0.2, -0.15) is 5.26 Å². The maximum atomic E-state index is 12.8. The first-order valence-corrected chi connectivity index (χ1v) is 9.70. The van der Waals surface area contributed by atoms with Crippen LogP contribution in [-0.2, 0) is 16.1 Å². The topological polar surface area (TPSA) is 70.3 Å². The maximum absolute atomic E-state index is 12.8. The van der Waals surface area contributed by atoms with Crippen LogP contribution < -0.4 is 5.32 Å². The van der Waals surface area contributed by atoms with Gasteiger partial charge in [0.1, 0.15) is 11.9 Å². The van der Waals surface area contributed by atoms with Crippen LogP contribution in [0, 0.1) is 25.2 Å². The van der Waals surface area contributed by atoms with Crippen molar-refractivity contribution in [1.29, 1.82) is 5.26 Å². The summed E-state index contributed by atoms with van der Waals surface area (Å²) in [7, 11) is 0. The Bertz CT molecular complexity index is 872. The highest BCUT2D eigenvalue weighted by molar-refractivity contribution is 5.93. The third kappa shape index (κ3) is 4.44. The second-order valence-electron chi connectivity index (χ2n) is 7.62. The average molecular weight is 380 g/mol. The minimum Gasteiger partial charge on any atom is -0.373 e. The SMILES string of the molecule is Cc1c(C#N)c(NC(=O)CN2CC(C)OC(C)C2)n(Cc2ccccc2)c1C. The molecular formula is C22H28N4O2.